The van der Waals surface area contributed by atoms with Gasteiger partial charge in [0.05, 0.1) is 0 Å². The van der Waals surface area contributed by atoms with Crippen LogP contribution in [0.3, 0.4) is 0 Å². The third-order valence-electron chi connectivity index (χ3n) is 4.55. The molecular weight excluding hydrogens is 260 g/mol. The second kappa shape index (κ2) is 7.23. The molecule has 0 atom stereocenters. The molecule has 1 N–H and O–H groups in total. The number of hydrogen-bond acceptors (Lipinski definition) is 4. The number of anilines is 1. The first-order valence-electron chi connectivity index (χ1n) is 8.47. The molecule has 21 heavy (non-hydrogen) atoms. The molecule has 2 aliphatic rings. The van der Waals surface area contributed by atoms with Gasteiger partial charge in [0.15, 0.2) is 0 Å². The summed E-state index contributed by atoms with van der Waals surface area (Å²) in [6.45, 7) is 10.3. The van der Waals surface area contributed by atoms with Crippen molar-refractivity contribution in [2.75, 3.05) is 44.2 Å². The molecule has 0 unspecified atom stereocenters. The standard InChI is InChI=1S/C17H28N4/c1-2-6-18-12-16-13-19-7-5-17(16)21-10-8-20(9-11-21)14-15-3-4-15/h5,7,13,15,18H,2-4,6,8-12,14H2,1H3. The predicted molar refractivity (Wildman–Crippen MR) is 87.6 cm³/mol. The van der Waals surface area contributed by atoms with E-state index in [9.17, 15) is 0 Å². The normalized spacial score (nSPS) is 20.0. The molecule has 1 aromatic rings. The molecule has 0 radical (unpaired) electrons. The van der Waals surface area contributed by atoms with Crippen molar-refractivity contribution in [3.8, 4) is 0 Å². The Morgan fingerprint density at radius 3 is 2.76 bits per heavy atom. The maximum Gasteiger partial charge on any atom is 0.0443 e. The summed E-state index contributed by atoms with van der Waals surface area (Å²) < 4.78 is 0. The zero-order chi connectivity index (χ0) is 14.5. The summed E-state index contributed by atoms with van der Waals surface area (Å²) >= 11 is 0. The second-order valence-electron chi connectivity index (χ2n) is 6.41. The van der Waals surface area contributed by atoms with Gasteiger partial charge in [-0.05, 0) is 37.8 Å². The van der Waals surface area contributed by atoms with Gasteiger partial charge in [-0.3, -0.25) is 9.88 Å². The van der Waals surface area contributed by atoms with E-state index in [0.29, 0.717) is 0 Å². The number of piperazine rings is 1. The van der Waals surface area contributed by atoms with Crippen LogP contribution < -0.4 is 10.2 Å². The SMILES string of the molecule is CCCNCc1cnccc1N1CCN(CC2CC2)CC1. The first-order chi connectivity index (χ1) is 10.4. The van der Waals surface area contributed by atoms with Gasteiger partial charge in [-0.15, -0.1) is 0 Å². The van der Waals surface area contributed by atoms with Crippen LogP contribution >= 0.6 is 0 Å². The molecule has 2 fully saturated rings. The van der Waals surface area contributed by atoms with E-state index in [0.717, 1.165) is 32.1 Å². The number of aromatic nitrogens is 1. The summed E-state index contributed by atoms with van der Waals surface area (Å²) in [7, 11) is 0. The molecule has 1 aliphatic carbocycles. The topological polar surface area (TPSA) is 31.4 Å². The average Bonchev–Trinajstić information content (AvgIpc) is 3.33. The van der Waals surface area contributed by atoms with Crippen LogP contribution in [0.1, 0.15) is 31.7 Å². The first-order valence-corrected chi connectivity index (χ1v) is 8.47. The van der Waals surface area contributed by atoms with Gasteiger partial charge in [0, 0.05) is 62.9 Å². The van der Waals surface area contributed by atoms with Crippen LogP contribution in [-0.2, 0) is 6.54 Å². The Balaban J connectivity index is 1.56. The molecule has 4 heteroatoms. The Bertz CT molecular complexity index is 436. The maximum absolute atomic E-state index is 4.30. The van der Waals surface area contributed by atoms with Gasteiger partial charge in [-0.2, -0.15) is 0 Å². The highest BCUT2D eigenvalue weighted by Crippen LogP contribution is 2.30. The molecule has 2 heterocycles. The molecule has 1 saturated carbocycles. The number of hydrogen-bond donors (Lipinski definition) is 1. The number of pyridine rings is 1. The zero-order valence-electron chi connectivity index (χ0n) is 13.2. The van der Waals surface area contributed by atoms with E-state index in [1.807, 2.05) is 12.4 Å². The smallest absolute Gasteiger partial charge is 0.0443 e. The van der Waals surface area contributed by atoms with Crippen molar-refractivity contribution in [3.05, 3.63) is 24.0 Å². The molecule has 1 aromatic heterocycles. The van der Waals surface area contributed by atoms with Crippen LogP contribution in [0.15, 0.2) is 18.5 Å². The van der Waals surface area contributed by atoms with Gasteiger partial charge >= 0.3 is 0 Å². The summed E-state index contributed by atoms with van der Waals surface area (Å²) in [4.78, 5) is 9.48. The van der Waals surface area contributed by atoms with Crippen molar-refractivity contribution >= 4 is 5.69 Å². The quantitative estimate of drug-likeness (QED) is 0.779. The average molecular weight is 288 g/mol. The lowest BCUT2D eigenvalue weighted by Crippen LogP contribution is -2.47. The minimum absolute atomic E-state index is 0.930. The number of nitrogens with zero attached hydrogens (tertiary/aromatic N) is 3. The van der Waals surface area contributed by atoms with Gasteiger partial charge < -0.3 is 10.2 Å². The van der Waals surface area contributed by atoms with E-state index in [1.54, 1.807) is 0 Å². The van der Waals surface area contributed by atoms with Crippen molar-refractivity contribution in [2.24, 2.45) is 5.92 Å². The van der Waals surface area contributed by atoms with Crippen LogP contribution in [0.5, 0.6) is 0 Å². The monoisotopic (exact) mass is 288 g/mol. The number of rotatable bonds is 7. The molecule has 0 aromatic carbocycles. The Kier molecular flexibility index (Phi) is 5.09. The summed E-state index contributed by atoms with van der Waals surface area (Å²) in [5, 5.41) is 3.50. The molecule has 1 aliphatic heterocycles. The molecular formula is C17H28N4. The second-order valence-corrected chi connectivity index (χ2v) is 6.41. The molecule has 0 bridgehead atoms. The van der Waals surface area contributed by atoms with Crippen molar-refractivity contribution in [3.63, 3.8) is 0 Å². The fourth-order valence-electron chi connectivity index (χ4n) is 3.10. The van der Waals surface area contributed by atoms with E-state index >= 15 is 0 Å². The fraction of sp³-hybridized carbons (Fsp3) is 0.706. The van der Waals surface area contributed by atoms with Crippen molar-refractivity contribution in [1.29, 1.82) is 0 Å². The largest absolute Gasteiger partial charge is 0.369 e. The van der Waals surface area contributed by atoms with Gasteiger partial charge in [0.25, 0.3) is 0 Å². The predicted octanol–water partition coefficient (Wildman–Crippen LogP) is 2.11. The van der Waals surface area contributed by atoms with E-state index in [4.69, 9.17) is 0 Å². The van der Waals surface area contributed by atoms with Gasteiger partial charge in [0.2, 0.25) is 0 Å². The zero-order valence-corrected chi connectivity index (χ0v) is 13.2. The van der Waals surface area contributed by atoms with Gasteiger partial charge in [0.1, 0.15) is 0 Å². The summed E-state index contributed by atoms with van der Waals surface area (Å²) in [5.74, 6) is 1.01. The van der Waals surface area contributed by atoms with Crippen molar-refractivity contribution in [2.45, 2.75) is 32.7 Å². The molecule has 116 valence electrons. The molecule has 1 saturated heterocycles. The lowest BCUT2D eigenvalue weighted by Gasteiger charge is -2.37. The lowest BCUT2D eigenvalue weighted by atomic mass is 10.1. The Labute approximate surface area is 128 Å². The van der Waals surface area contributed by atoms with Crippen LogP contribution in [0.25, 0.3) is 0 Å². The minimum atomic E-state index is 0.930. The van der Waals surface area contributed by atoms with Gasteiger partial charge in [-0.25, -0.2) is 0 Å². The summed E-state index contributed by atoms with van der Waals surface area (Å²) in [6, 6.07) is 2.18. The first kappa shape index (κ1) is 14.8. The Morgan fingerprint density at radius 2 is 2.05 bits per heavy atom. The fourth-order valence-corrected chi connectivity index (χ4v) is 3.10. The highest BCUT2D eigenvalue weighted by Gasteiger charge is 2.26. The summed E-state index contributed by atoms with van der Waals surface area (Å²) in [6.07, 6.45) is 8.04. The lowest BCUT2D eigenvalue weighted by molar-refractivity contribution is 0.248. The maximum atomic E-state index is 4.30. The van der Waals surface area contributed by atoms with E-state index < -0.39 is 0 Å². The Morgan fingerprint density at radius 1 is 1.24 bits per heavy atom. The molecule has 0 spiro atoms. The molecule has 0 amide bonds. The Hall–Kier alpha value is -1.13. The van der Waals surface area contributed by atoms with Crippen LogP contribution in [-0.4, -0.2) is 49.2 Å². The highest BCUT2D eigenvalue weighted by molar-refractivity contribution is 5.52. The van der Waals surface area contributed by atoms with Crippen molar-refractivity contribution in [1.82, 2.24) is 15.2 Å². The van der Waals surface area contributed by atoms with Crippen LogP contribution in [0, 0.1) is 5.92 Å². The summed E-state index contributed by atoms with van der Waals surface area (Å²) in [5.41, 5.74) is 2.71. The van der Waals surface area contributed by atoms with Crippen LogP contribution in [0.4, 0.5) is 5.69 Å². The minimum Gasteiger partial charge on any atom is -0.369 e. The molecule has 4 nitrogen and oxygen atoms in total. The number of nitrogens with one attached hydrogen (secondary N) is 1. The van der Waals surface area contributed by atoms with Gasteiger partial charge in [-0.1, -0.05) is 6.92 Å². The highest BCUT2D eigenvalue weighted by atomic mass is 15.3. The van der Waals surface area contributed by atoms with E-state index in [2.05, 4.69) is 33.1 Å². The third kappa shape index (κ3) is 4.17. The van der Waals surface area contributed by atoms with Crippen molar-refractivity contribution < 1.29 is 0 Å². The third-order valence-corrected chi connectivity index (χ3v) is 4.55. The van der Waals surface area contributed by atoms with E-state index in [1.165, 1.54) is 50.1 Å². The van der Waals surface area contributed by atoms with Crippen LogP contribution in [0.2, 0.25) is 0 Å². The molecule has 3 rings (SSSR count). The van der Waals surface area contributed by atoms with E-state index in [-0.39, 0.29) is 0 Å².